The number of nitrogens with one attached hydrogen (secondary N) is 2. The molecule has 1 aromatic carbocycles. The van der Waals surface area contributed by atoms with Crippen LogP contribution in [0, 0.1) is 0 Å². The molecule has 2 bridgehead atoms. The lowest BCUT2D eigenvalue weighted by molar-refractivity contribution is -0.122. The summed E-state index contributed by atoms with van der Waals surface area (Å²) in [6, 6.07) is 10.2. The molecule has 2 saturated heterocycles. The van der Waals surface area contributed by atoms with E-state index in [4.69, 9.17) is 4.74 Å². The normalized spacial score (nSPS) is 21.4. The molecule has 2 N–H and O–H groups in total. The number of aromatic nitrogens is 1. The molecule has 0 radical (unpaired) electrons. The van der Waals surface area contributed by atoms with Crippen LogP contribution in [0.1, 0.15) is 75.6 Å². The highest BCUT2D eigenvalue weighted by Gasteiger charge is 2.27. The average molecular weight is 648 g/mol. The van der Waals surface area contributed by atoms with Crippen LogP contribution in [0.3, 0.4) is 0 Å². The largest absolute Gasteiger partial charge is 0.491 e. The van der Waals surface area contributed by atoms with Crippen LogP contribution in [0.4, 0.5) is 11.4 Å². The summed E-state index contributed by atoms with van der Waals surface area (Å²) >= 11 is 0. The summed E-state index contributed by atoms with van der Waals surface area (Å²) < 4.78 is 6.26. The van der Waals surface area contributed by atoms with Gasteiger partial charge in [-0.1, -0.05) is 38.8 Å². The summed E-state index contributed by atoms with van der Waals surface area (Å²) in [5.74, 6) is 0.185. The van der Waals surface area contributed by atoms with E-state index >= 15 is 0 Å². The first-order chi connectivity index (χ1) is 23.0. The van der Waals surface area contributed by atoms with Gasteiger partial charge in [-0.05, 0) is 82.9 Å². The van der Waals surface area contributed by atoms with Crippen molar-refractivity contribution in [3.05, 3.63) is 48.3 Å². The number of carbonyl (C=O) groups is 3. The highest BCUT2D eigenvalue weighted by atomic mass is 16.5. The number of benzene rings is 1. The van der Waals surface area contributed by atoms with E-state index in [1.165, 1.54) is 0 Å². The van der Waals surface area contributed by atoms with Gasteiger partial charge in [0.1, 0.15) is 12.3 Å². The lowest BCUT2D eigenvalue weighted by Crippen LogP contribution is -2.45. The number of amides is 3. The zero-order valence-corrected chi connectivity index (χ0v) is 28.3. The number of anilines is 2. The lowest BCUT2D eigenvalue weighted by atomic mass is 10.1. The minimum absolute atomic E-state index is 0.00405. The molecule has 3 amide bonds. The number of hydrogen-bond acceptors (Lipinski definition) is 8. The molecule has 11 nitrogen and oxygen atoms in total. The van der Waals surface area contributed by atoms with Gasteiger partial charge in [0, 0.05) is 37.9 Å². The molecular formula is C36H53N7O4. The fraction of sp³-hybridized carbons (Fsp3) is 0.611. The predicted molar refractivity (Wildman–Crippen MR) is 184 cm³/mol. The number of para-hydroxylation sites is 2. The Morgan fingerprint density at radius 3 is 2.19 bits per heavy atom. The number of rotatable bonds is 10. The van der Waals surface area contributed by atoms with Gasteiger partial charge in [0.05, 0.1) is 36.3 Å². The molecular weight excluding hydrogens is 594 g/mol. The van der Waals surface area contributed by atoms with Crippen LogP contribution in [-0.2, 0) is 9.59 Å². The van der Waals surface area contributed by atoms with Crippen LogP contribution in [0.5, 0.6) is 5.75 Å². The number of nitrogens with zero attached hydrogens (tertiary/aromatic N) is 5. The Bertz CT molecular complexity index is 1340. The van der Waals surface area contributed by atoms with Crippen molar-refractivity contribution in [3.63, 3.8) is 0 Å². The fourth-order valence-electron chi connectivity index (χ4n) is 7.16. The molecule has 256 valence electrons. The summed E-state index contributed by atoms with van der Waals surface area (Å²) in [5, 5.41) is 6.25. The van der Waals surface area contributed by atoms with E-state index < -0.39 is 0 Å². The Morgan fingerprint density at radius 2 is 1.49 bits per heavy atom. The molecule has 2 atom stereocenters. The predicted octanol–water partition coefficient (Wildman–Crippen LogP) is 3.82. The van der Waals surface area contributed by atoms with Crippen molar-refractivity contribution >= 4 is 29.1 Å². The van der Waals surface area contributed by atoms with Gasteiger partial charge in [0.2, 0.25) is 11.8 Å². The number of hydrogen-bond donors (Lipinski definition) is 2. The van der Waals surface area contributed by atoms with E-state index in [2.05, 4.69) is 39.3 Å². The molecule has 11 heteroatoms. The molecule has 3 aliphatic heterocycles. The second kappa shape index (κ2) is 17.5. The van der Waals surface area contributed by atoms with Crippen LogP contribution >= 0.6 is 0 Å². The van der Waals surface area contributed by atoms with Crippen LogP contribution < -0.4 is 20.3 Å². The standard InChI is InChI=1S/C36H53N7O4/c1-3-40-18-11-13-29(40)24-38-34(44)26-42-17-9-5-6-10-20-47-33-16-8-7-15-32(33)43(31-21-28(36(42)46)22-37-23-31)27-35(45)39-25-30-14-12-19-41(30)4-2/h7-8,15-16,21-23,29-30H,3-6,9-14,17-20,24-27H2,1-2H3,(H,38,44)(H,39,45). The number of ether oxygens (including phenoxy) is 1. The van der Waals surface area contributed by atoms with Crippen molar-refractivity contribution in [1.82, 2.24) is 30.3 Å². The van der Waals surface area contributed by atoms with E-state index in [0.29, 0.717) is 55.3 Å². The fourth-order valence-corrected chi connectivity index (χ4v) is 7.16. The van der Waals surface area contributed by atoms with E-state index in [1.807, 2.05) is 29.2 Å². The monoisotopic (exact) mass is 647 g/mol. The number of likely N-dealkylation sites (tertiary alicyclic amines) is 2. The van der Waals surface area contributed by atoms with Gasteiger partial charge in [0.15, 0.2) is 0 Å². The van der Waals surface area contributed by atoms with Crippen LogP contribution in [0.25, 0.3) is 0 Å². The Morgan fingerprint density at radius 1 is 0.830 bits per heavy atom. The summed E-state index contributed by atoms with van der Waals surface area (Å²) in [5.41, 5.74) is 1.73. The van der Waals surface area contributed by atoms with E-state index in [9.17, 15) is 14.4 Å². The van der Waals surface area contributed by atoms with Gasteiger partial charge in [0.25, 0.3) is 5.91 Å². The van der Waals surface area contributed by atoms with Crippen molar-refractivity contribution in [1.29, 1.82) is 0 Å². The van der Waals surface area contributed by atoms with Crippen LogP contribution in [0.2, 0.25) is 0 Å². The second-order valence-electron chi connectivity index (χ2n) is 12.9. The molecule has 4 heterocycles. The Balaban J connectivity index is 1.35. The maximum atomic E-state index is 14.0. The Labute approximate surface area is 280 Å². The molecule has 0 spiro atoms. The highest BCUT2D eigenvalue weighted by molar-refractivity contribution is 5.97. The SMILES string of the molecule is CCN1CCCC1CNC(=O)CN1CCCCCCOc2ccccc2N(CC(=O)NCC2CCCN2CC)c2cncc(c2)C1=O. The zero-order chi connectivity index (χ0) is 33.0. The summed E-state index contributed by atoms with van der Waals surface area (Å²) in [7, 11) is 0. The Hall–Kier alpha value is -3.70. The maximum absolute atomic E-state index is 14.0. The smallest absolute Gasteiger partial charge is 0.255 e. The third kappa shape index (κ3) is 9.44. The van der Waals surface area contributed by atoms with Crippen molar-refractivity contribution in [2.24, 2.45) is 0 Å². The van der Waals surface area contributed by atoms with Gasteiger partial charge in [-0.2, -0.15) is 0 Å². The third-order valence-corrected chi connectivity index (χ3v) is 9.82. The first-order valence-electron chi connectivity index (χ1n) is 17.7. The number of pyridine rings is 1. The minimum atomic E-state index is -0.241. The van der Waals surface area contributed by atoms with Crippen LogP contribution in [-0.4, -0.2) is 115 Å². The van der Waals surface area contributed by atoms with Gasteiger partial charge in [-0.25, -0.2) is 0 Å². The van der Waals surface area contributed by atoms with Gasteiger partial charge >= 0.3 is 0 Å². The molecule has 3 aliphatic rings. The molecule has 0 aliphatic carbocycles. The molecule has 2 aromatic rings. The average Bonchev–Trinajstić information content (AvgIpc) is 3.76. The van der Waals surface area contributed by atoms with Crippen molar-refractivity contribution in [2.45, 2.75) is 77.3 Å². The number of likely N-dealkylation sites (N-methyl/N-ethyl adjacent to an activating group) is 2. The van der Waals surface area contributed by atoms with E-state index in [0.717, 1.165) is 83.2 Å². The number of fused-ring (bicyclic) bond motifs is 3. The van der Waals surface area contributed by atoms with Crippen molar-refractivity contribution in [3.8, 4) is 5.75 Å². The van der Waals surface area contributed by atoms with Gasteiger partial charge in [-0.3, -0.25) is 29.2 Å². The molecule has 47 heavy (non-hydrogen) atoms. The molecule has 2 unspecified atom stereocenters. The van der Waals surface area contributed by atoms with E-state index in [-0.39, 0.29) is 30.8 Å². The molecule has 1 aromatic heterocycles. The lowest BCUT2D eigenvalue weighted by Gasteiger charge is -2.28. The highest BCUT2D eigenvalue weighted by Crippen LogP contribution is 2.34. The molecule has 2 fully saturated rings. The third-order valence-electron chi connectivity index (χ3n) is 9.82. The summed E-state index contributed by atoms with van der Waals surface area (Å²) in [6.07, 6.45) is 11.2. The number of carbonyl (C=O) groups excluding carboxylic acids is 3. The maximum Gasteiger partial charge on any atom is 0.255 e. The summed E-state index contributed by atoms with van der Waals surface area (Å²) in [4.78, 5) is 53.4. The molecule has 5 rings (SSSR count). The van der Waals surface area contributed by atoms with Crippen molar-refractivity contribution < 1.29 is 19.1 Å². The first kappa shape index (κ1) is 34.6. The Kier molecular flexibility index (Phi) is 12.9. The van der Waals surface area contributed by atoms with Gasteiger partial charge in [-0.15, -0.1) is 0 Å². The summed E-state index contributed by atoms with van der Waals surface area (Å²) in [6.45, 7) is 10.6. The quantitative estimate of drug-likeness (QED) is 0.401. The van der Waals surface area contributed by atoms with E-state index in [1.54, 1.807) is 23.4 Å². The first-order valence-corrected chi connectivity index (χ1v) is 17.7. The minimum Gasteiger partial charge on any atom is -0.491 e. The topological polar surface area (TPSA) is 110 Å². The van der Waals surface area contributed by atoms with Crippen molar-refractivity contribution in [2.75, 3.05) is 70.4 Å². The van der Waals surface area contributed by atoms with Gasteiger partial charge < -0.3 is 25.2 Å². The second-order valence-corrected chi connectivity index (χ2v) is 12.9. The molecule has 0 saturated carbocycles. The zero-order valence-electron chi connectivity index (χ0n) is 28.3. The van der Waals surface area contributed by atoms with Crippen LogP contribution in [0.15, 0.2) is 42.7 Å².